The van der Waals surface area contributed by atoms with Gasteiger partial charge in [0.25, 0.3) is 0 Å². The minimum atomic E-state index is 0.407. The third-order valence-corrected chi connectivity index (χ3v) is 4.55. The van der Waals surface area contributed by atoms with E-state index in [0.717, 1.165) is 6.04 Å². The summed E-state index contributed by atoms with van der Waals surface area (Å²) in [6, 6.07) is 1.99. The second-order valence-corrected chi connectivity index (χ2v) is 5.90. The van der Waals surface area contributed by atoms with Crippen LogP contribution in [0.25, 0.3) is 0 Å². The molecule has 1 saturated carbocycles. The average molecular weight is 237 g/mol. The van der Waals surface area contributed by atoms with Crippen molar-refractivity contribution >= 4 is 11.3 Å². The van der Waals surface area contributed by atoms with Gasteiger partial charge in [-0.05, 0) is 26.2 Å². The van der Waals surface area contributed by atoms with Gasteiger partial charge in [0, 0.05) is 36.8 Å². The number of rotatable bonds is 4. The van der Waals surface area contributed by atoms with Crippen molar-refractivity contribution < 1.29 is 0 Å². The fourth-order valence-electron chi connectivity index (χ4n) is 2.57. The Morgan fingerprint density at radius 1 is 1.50 bits per heavy atom. The smallest absolute Gasteiger partial charge is 0.109 e. The number of thiazole rings is 1. The minimum Gasteiger partial charge on any atom is -0.304 e. The SMILES string of the molecule is CC(NC1CCN(C2CC2)C1)c1nccs1. The Kier molecular flexibility index (Phi) is 2.96. The molecule has 2 unspecified atom stereocenters. The zero-order chi connectivity index (χ0) is 11.0. The molecular formula is C12H19N3S. The van der Waals surface area contributed by atoms with Crippen LogP contribution in [0.15, 0.2) is 11.6 Å². The minimum absolute atomic E-state index is 0.407. The van der Waals surface area contributed by atoms with E-state index in [-0.39, 0.29) is 0 Å². The molecule has 1 aromatic heterocycles. The highest BCUT2D eigenvalue weighted by Gasteiger charge is 2.34. The maximum absolute atomic E-state index is 4.37. The van der Waals surface area contributed by atoms with Crippen LogP contribution in [-0.2, 0) is 0 Å². The number of likely N-dealkylation sites (tertiary alicyclic amines) is 1. The van der Waals surface area contributed by atoms with E-state index in [1.54, 1.807) is 11.3 Å². The molecule has 1 aliphatic carbocycles. The van der Waals surface area contributed by atoms with E-state index in [0.29, 0.717) is 12.1 Å². The monoisotopic (exact) mass is 237 g/mol. The molecule has 1 N–H and O–H groups in total. The Morgan fingerprint density at radius 2 is 2.38 bits per heavy atom. The Hall–Kier alpha value is -0.450. The van der Waals surface area contributed by atoms with E-state index in [1.807, 2.05) is 6.20 Å². The summed E-state index contributed by atoms with van der Waals surface area (Å²) in [5.41, 5.74) is 0. The molecule has 0 amide bonds. The first-order chi connectivity index (χ1) is 7.83. The first-order valence-electron chi connectivity index (χ1n) is 6.22. The number of nitrogens with one attached hydrogen (secondary N) is 1. The van der Waals surface area contributed by atoms with Gasteiger partial charge in [0.1, 0.15) is 5.01 Å². The lowest BCUT2D eigenvalue weighted by Crippen LogP contribution is -2.34. The third-order valence-electron chi connectivity index (χ3n) is 3.59. The van der Waals surface area contributed by atoms with E-state index >= 15 is 0 Å². The van der Waals surface area contributed by atoms with Gasteiger partial charge >= 0.3 is 0 Å². The summed E-state index contributed by atoms with van der Waals surface area (Å²) in [4.78, 5) is 7.01. The molecule has 0 radical (unpaired) electrons. The molecule has 3 rings (SSSR count). The van der Waals surface area contributed by atoms with Gasteiger partial charge in [-0.3, -0.25) is 4.90 Å². The molecule has 88 valence electrons. The fraction of sp³-hybridized carbons (Fsp3) is 0.750. The molecule has 2 fully saturated rings. The van der Waals surface area contributed by atoms with Gasteiger partial charge in [-0.15, -0.1) is 11.3 Å². The molecule has 1 aromatic rings. The lowest BCUT2D eigenvalue weighted by atomic mass is 10.2. The molecule has 2 heterocycles. The highest BCUT2D eigenvalue weighted by atomic mass is 32.1. The largest absolute Gasteiger partial charge is 0.304 e. The van der Waals surface area contributed by atoms with E-state index in [1.165, 1.54) is 37.4 Å². The normalized spacial score (nSPS) is 28.4. The van der Waals surface area contributed by atoms with E-state index in [4.69, 9.17) is 0 Å². The molecule has 0 bridgehead atoms. The van der Waals surface area contributed by atoms with Crippen molar-refractivity contribution in [3.05, 3.63) is 16.6 Å². The molecule has 16 heavy (non-hydrogen) atoms. The molecule has 1 aliphatic heterocycles. The van der Waals surface area contributed by atoms with Crippen molar-refractivity contribution in [2.45, 2.75) is 44.3 Å². The van der Waals surface area contributed by atoms with Crippen LogP contribution in [0, 0.1) is 0 Å². The first kappa shape index (κ1) is 10.7. The van der Waals surface area contributed by atoms with Crippen LogP contribution < -0.4 is 5.32 Å². The Balaban J connectivity index is 1.51. The van der Waals surface area contributed by atoms with Crippen molar-refractivity contribution in [3.63, 3.8) is 0 Å². The highest BCUT2D eigenvalue weighted by Crippen LogP contribution is 2.30. The van der Waals surface area contributed by atoms with E-state index in [9.17, 15) is 0 Å². The number of nitrogens with zero attached hydrogens (tertiary/aromatic N) is 2. The summed E-state index contributed by atoms with van der Waals surface area (Å²) < 4.78 is 0. The predicted molar refractivity (Wildman–Crippen MR) is 66.7 cm³/mol. The second kappa shape index (κ2) is 4.43. The Morgan fingerprint density at radius 3 is 3.06 bits per heavy atom. The van der Waals surface area contributed by atoms with Crippen molar-refractivity contribution in [1.29, 1.82) is 0 Å². The van der Waals surface area contributed by atoms with Crippen LogP contribution in [0.2, 0.25) is 0 Å². The van der Waals surface area contributed by atoms with Crippen LogP contribution in [0.1, 0.15) is 37.2 Å². The zero-order valence-electron chi connectivity index (χ0n) is 9.72. The van der Waals surface area contributed by atoms with Crippen LogP contribution in [0.4, 0.5) is 0 Å². The van der Waals surface area contributed by atoms with E-state index < -0.39 is 0 Å². The van der Waals surface area contributed by atoms with Gasteiger partial charge in [-0.25, -0.2) is 4.98 Å². The summed E-state index contributed by atoms with van der Waals surface area (Å²) in [7, 11) is 0. The third kappa shape index (κ3) is 2.29. The van der Waals surface area contributed by atoms with Crippen molar-refractivity contribution in [2.75, 3.05) is 13.1 Å². The molecular weight excluding hydrogens is 218 g/mol. The highest BCUT2D eigenvalue weighted by molar-refractivity contribution is 7.09. The molecule has 2 aliphatic rings. The number of aromatic nitrogens is 1. The van der Waals surface area contributed by atoms with Gasteiger partial charge in [0.15, 0.2) is 0 Å². The van der Waals surface area contributed by atoms with Crippen LogP contribution in [0.5, 0.6) is 0 Å². The lowest BCUT2D eigenvalue weighted by Gasteiger charge is -2.19. The Bertz CT molecular complexity index is 334. The summed E-state index contributed by atoms with van der Waals surface area (Å²) in [6.45, 7) is 4.74. The van der Waals surface area contributed by atoms with Crippen molar-refractivity contribution in [3.8, 4) is 0 Å². The molecule has 3 nitrogen and oxygen atoms in total. The summed E-state index contributed by atoms with van der Waals surface area (Å²) in [5, 5.41) is 6.97. The average Bonchev–Trinajstić information content (AvgIpc) is 2.82. The fourth-order valence-corrected chi connectivity index (χ4v) is 3.22. The summed E-state index contributed by atoms with van der Waals surface area (Å²) in [6.07, 6.45) is 6.04. The zero-order valence-corrected chi connectivity index (χ0v) is 10.5. The number of hydrogen-bond donors (Lipinski definition) is 1. The topological polar surface area (TPSA) is 28.2 Å². The lowest BCUT2D eigenvalue weighted by molar-refractivity contribution is 0.313. The first-order valence-corrected chi connectivity index (χ1v) is 7.10. The van der Waals surface area contributed by atoms with Gasteiger partial charge < -0.3 is 5.32 Å². The van der Waals surface area contributed by atoms with Crippen molar-refractivity contribution in [2.24, 2.45) is 0 Å². The van der Waals surface area contributed by atoms with Crippen LogP contribution in [-0.4, -0.2) is 35.1 Å². The van der Waals surface area contributed by atoms with Crippen LogP contribution >= 0.6 is 11.3 Å². The maximum atomic E-state index is 4.37. The quantitative estimate of drug-likeness (QED) is 0.868. The van der Waals surface area contributed by atoms with Crippen molar-refractivity contribution in [1.82, 2.24) is 15.2 Å². The van der Waals surface area contributed by atoms with Gasteiger partial charge in [0.2, 0.25) is 0 Å². The van der Waals surface area contributed by atoms with Gasteiger partial charge in [-0.1, -0.05) is 0 Å². The second-order valence-electron chi connectivity index (χ2n) is 4.97. The van der Waals surface area contributed by atoms with Crippen LogP contribution in [0.3, 0.4) is 0 Å². The molecule has 4 heteroatoms. The summed E-state index contributed by atoms with van der Waals surface area (Å²) in [5.74, 6) is 0. The molecule has 0 spiro atoms. The molecule has 1 saturated heterocycles. The predicted octanol–water partition coefficient (Wildman–Crippen LogP) is 2.03. The Labute approximate surface area is 101 Å². The number of hydrogen-bond acceptors (Lipinski definition) is 4. The standard InChI is InChI=1S/C12H19N3S/c1-9(12-13-5-7-16-12)14-10-4-6-15(8-10)11-2-3-11/h5,7,9-11,14H,2-4,6,8H2,1H3. The van der Waals surface area contributed by atoms with E-state index in [2.05, 4.69) is 27.5 Å². The van der Waals surface area contributed by atoms with Gasteiger partial charge in [0.05, 0.1) is 6.04 Å². The molecule has 0 aromatic carbocycles. The molecule has 2 atom stereocenters. The van der Waals surface area contributed by atoms with Gasteiger partial charge in [-0.2, -0.15) is 0 Å². The maximum Gasteiger partial charge on any atom is 0.109 e. The summed E-state index contributed by atoms with van der Waals surface area (Å²) >= 11 is 1.75.